The predicted octanol–water partition coefficient (Wildman–Crippen LogP) is 2.74. The largest absolute Gasteiger partial charge is 0.381 e. The quantitative estimate of drug-likeness (QED) is 0.552. The van der Waals surface area contributed by atoms with Crippen LogP contribution in [0.15, 0.2) is 0 Å². The first-order valence-corrected chi connectivity index (χ1v) is 13.7. The number of piperidine rings is 4. The molecule has 6 nitrogen and oxygen atoms in total. The number of ether oxygens (including phenoxy) is 2. The minimum Gasteiger partial charge on any atom is -0.381 e. The van der Waals surface area contributed by atoms with Crippen LogP contribution in [0, 0.1) is 23.7 Å². The highest BCUT2D eigenvalue weighted by Gasteiger charge is 2.25. The molecule has 0 amide bonds. The molecule has 0 atom stereocenters. The van der Waals surface area contributed by atoms with Gasteiger partial charge in [-0.25, -0.2) is 0 Å². The van der Waals surface area contributed by atoms with E-state index in [0.717, 1.165) is 50.1 Å². The van der Waals surface area contributed by atoms with Crippen molar-refractivity contribution in [1.29, 1.82) is 0 Å². The minimum atomic E-state index is 0.778. The van der Waals surface area contributed by atoms with Gasteiger partial charge in [-0.2, -0.15) is 0 Å². The molecular formula is C26H50N4O2. The van der Waals surface area contributed by atoms with E-state index in [0.29, 0.717) is 0 Å². The smallest absolute Gasteiger partial charge is 0.0506 e. The Balaban J connectivity index is 1.00. The van der Waals surface area contributed by atoms with Crippen LogP contribution in [0.4, 0.5) is 0 Å². The lowest BCUT2D eigenvalue weighted by atomic mass is 9.96. The van der Waals surface area contributed by atoms with Crippen LogP contribution in [0.3, 0.4) is 0 Å². The molecule has 0 radical (unpaired) electrons. The Labute approximate surface area is 197 Å². The lowest BCUT2D eigenvalue weighted by molar-refractivity contribution is 0.0115. The van der Waals surface area contributed by atoms with Gasteiger partial charge in [-0.05, 0) is 134 Å². The van der Waals surface area contributed by atoms with Crippen LogP contribution in [-0.4, -0.2) is 107 Å². The van der Waals surface area contributed by atoms with Crippen LogP contribution in [-0.2, 0) is 9.47 Å². The Morgan fingerprint density at radius 1 is 0.562 bits per heavy atom. The molecule has 4 heterocycles. The average molecular weight is 451 g/mol. The number of rotatable bonds is 10. The molecule has 186 valence electrons. The highest BCUT2D eigenvalue weighted by Crippen LogP contribution is 2.23. The average Bonchev–Trinajstić information content (AvgIpc) is 2.83. The molecule has 0 unspecified atom stereocenters. The highest BCUT2D eigenvalue weighted by atomic mass is 16.5. The molecule has 4 fully saturated rings. The van der Waals surface area contributed by atoms with Gasteiger partial charge in [-0.3, -0.25) is 9.80 Å². The summed E-state index contributed by atoms with van der Waals surface area (Å²) >= 11 is 0. The van der Waals surface area contributed by atoms with Crippen LogP contribution < -0.4 is 5.32 Å². The van der Waals surface area contributed by atoms with Crippen molar-refractivity contribution in [2.75, 3.05) is 92.5 Å². The van der Waals surface area contributed by atoms with E-state index < -0.39 is 0 Å². The van der Waals surface area contributed by atoms with Gasteiger partial charge < -0.3 is 19.7 Å². The molecule has 4 aliphatic heterocycles. The molecule has 1 N–H and O–H groups in total. The van der Waals surface area contributed by atoms with Crippen molar-refractivity contribution in [3.8, 4) is 0 Å². The Morgan fingerprint density at radius 2 is 0.938 bits per heavy atom. The van der Waals surface area contributed by atoms with E-state index in [4.69, 9.17) is 9.47 Å². The van der Waals surface area contributed by atoms with Crippen LogP contribution in [0.1, 0.15) is 51.4 Å². The molecule has 4 saturated heterocycles. The molecule has 0 saturated carbocycles. The Kier molecular flexibility index (Phi) is 10.6. The predicted molar refractivity (Wildman–Crippen MR) is 131 cm³/mol. The number of likely N-dealkylation sites (tertiary alicyclic amines) is 3. The summed E-state index contributed by atoms with van der Waals surface area (Å²) in [5, 5.41) is 3.44. The third kappa shape index (κ3) is 8.52. The van der Waals surface area contributed by atoms with Gasteiger partial charge in [-0.1, -0.05) is 0 Å². The molecule has 6 heteroatoms. The Bertz CT molecular complexity index is 492. The number of hydrogen-bond donors (Lipinski definition) is 1. The fraction of sp³-hybridized carbons (Fsp3) is 1.00. The van der Waals surface area contributed by atoms with E-state index in [1.807, 2.05) is 0 Å². The first kappa shape index (κ1) is 24.9. The summed E-state index contributed by atoms with van der Waals surface area (Å²) in [4.78, 5) is 7.81. The summed E-state index contributed by atoms with van der Waals surface area (Å²) in [5.74, 6) is 3.14. The van der Waals surface area contributed by atoms with Gasteiger partial charge in [0, 0.05) is 26.4 Å². The van der Waals surface area contributed by atoms with Crippen LogP contribution in [0.2, 0.25) is 0 Å². The molecule has 0 aromatic heterocycles. The second-order valence-corrected chi connectivity index (χ2v) is 11.3. The van der Waals surface area contributed by atoms with E-state index in [1.165, 1.54) is 110 Å². The maximum Gasteiger partial charge on any atom is 0.0506 e. The van der Waals surface area contributed by atoms with E-state index >= 15 is 0 Å². The maximum absolute atomic E-state index is 6.15. The van der Waals surface area contributed by atoms with Crippen LogP contribution >= 0.6 is 0 Å². The Morgan fingerprint density at radius 3 is 1.38 bits per heavy atom. The number of nitrogens with one attached hydrogen (secondary N) is 1. The molecule has 4 aliphatic rings. The number of hydrogen-bond acceptors (Lipinski definition) is 6. The zero-order valence-electron chi connectivity index (χ0n) is 20.8. The number of nitrogens with zero attached hydrogens (tertiary/aromatic N) is 3. The highest BCUT2D eigenvalue weighted by molar-refractivity contribution is 4.77. The normalized spacial score (nSPS) is 27.3. The van der Waals surface area contributed by atoms with Gasteiger partial charge in [0.25, 0.3) is 0 Å². The molecule has 32 heavy (non-hydrogen) atoms. The zero-order chi connectivity index (χ0) is 22.0. The fourth-order valence-corrected chi connectivity index (χ4v) is 5.95. The van der Waals surface area contributed by atoms with Gasteiger partial charge in [0.2, 0.25) is 0 Å². The third-order valence-electron chi connectivity index (χ3n) is 8.53. The molecule has 0 bridgehead atoms. The van der Waals surface area contributed by atoms with E-state index in [1.54, 1.807) is 0 Å². The lowest BCUT2D eigenvalue weighted by Crippen LogP contribution is -2.46. The summed E-state index contributed by atoms with van der Waals surface area (Å²) in [6.45, 7) is 15.0. The third-order valence-corrected chi connectivity index (χ3v) is 8.53. The van der Waals surface area contributed by atoms with E-state index in [2.05, 4.69) is 27.1 Å². The van der Waals surface area contributed by atoms with Crippen molar-refractivity contribution < 1.29 is 9.47 Å². The fourth-order valence-electron chi connectivity index (χ4n) is 5.95. The van der Waals surface area contributed by atoms with Crippen molar-refractivity contribution >= 4 is 0 Å². The zero-order valence-corrected chi connectivity index (χ0v) is 20.8. The summed E-state index contributed by atoms with van der Waals surface area (Å²) in [6, 6.07) is 0. The van der Waals surface area contributed by atoms with E-state index in [9.17, 15) is 0 Å². The van der Waals surface area contributed by atoms with Crippen LogP contribution in [0.5, 0.6) is 0 Å². The first-order valence-electron chi connectivity index (χ1n) is 13.7. The summed E-state index contributed by atoms with van der Waals surface area (Å²) in [6.07, 6.45) is 10.5. The van der Waals surface area contributed by atoms with Crippen molar-refractivity contribution in [3.63, 3.8) is 0 Å². The minimum absolute atomic E-state index is 0.778. The van der Waals surface area contributed by atoms with Crippen molar-refractivity contribution in [1.82, 2.24) is 20.0 Å². The molecule has 0 aromatic carbocycles. The van der Waals surface area contributed by atoms with Gasteiger partial charge in [-0.15, -0.1) is 0 Å². The SMILES string of the molecule is CN1CCC(COCC2CCN(CN3CCC(COCC4CCNCC4)CC3)CC2)CC1. The lowest BCUT2D eigenvalue weighted by Gasteiger charge is -2.38. The molecule has 0 aromatic rings. The second kappa shape index (κ2) is 13.6. The monoisotopic (exact) mass is 450 g/mol. The van der Waals surface area contributed by atoms with Crippen LogP contribution in [0.25, 0.3) is 0 Å². The van der Waals surface area contributed by atoms with Crippen molar-refractivity contribution in [3.05, 3.63) is 0 Å². The standard InChI is InChI=1S/C26H50N4O2/c1-28-12-4-24(5-13-28)19-32-21-26-8-16-30(17-9-26)22-29-14-6-25(7-15-29)20-31-18-23-2-10-27-11-3-23/h23-27H,2-22H2,1H3. The van der Waals surface area contributed by atoms with Crippen molar-refractivity contribution in [2.45, 2.75) is 51.4 Å². The first-order chi connectivity index (χ1) is 15.7. The van der Waals surface area contributed by atoms with Crippen molar-refractivity contribution in [2.24, 2.45) is 23.7 Å². The molecule has 0 aliphatic carbocycles. The van der Waals surface area contributed by atoms with Gasteiger partial charge in [0.15, 0.2) is 0 Å². The maximum atomic E-state index is 6.15. The van der Waals surface area contributed by atoms with Gasteiger partial charge in [0.1, 0.15) is 0 Å². The molecular weight excluding hydrogens is 400 g/mol. The van der Waals surface area contributed by atoms with E-state index in [-0.39, 0.29) is 0 Å². The topological polar surface area (TPSA) is 40.2 Å². The van der Waals surface area contributed by atoms with Gasteiger partial charge in [0.05, 0.1) is 6.67 Å². The summed E-state index contributed by atoms with van der Waals surface area (Å²) in [7, 11) is 2.23. The molecule has 4 rings (SSSR count). The summed E-state index contributed by atoms with van der Waals surface area (Å²) in [5.41, 5.74) is 0. The van der Waals surface area contributed by atoms with Gasteiger partial charge >= 0.3 is 0 Å². The second-order valence-electron chi connectivity index (χ2n) is 11.3. The summed E-state index contributed by atoms with van der Waals surface area (Å²) < 4.78 is 12.3. The molecule has 0 spiro atoms. The Hall–Kier alpha value is -0.240.